The van der Waals surface area contributed by atoms with Crippen LogP contribution >= 0.6 is 0 Å². The van der Waals surface area contributed by atoms with Crippen molar-refractivity contribution in [2.45, 2.75) is 62.4 Å². The number of hydrogen-bond donors (Lipinski definition) is 1. The zero-order valence-corrected chi connectivity index (χ0v) is 25.9. The van der Waals surface area contributed by atoms with Crippen molar-refractivity contribution in [3.05, 3.63) is 84.4 Å². The molecule has 4 rings (SSSR count). The number of benzene rings is 3. The molecule has 1 fully saturated rings. The number of sulfonamides is 1. The Bertz CT molecular complexity index is 1460. The summed E-state index contributed by atoms with van der Waals surface area (Å²) in [6.45, 7) is 1.39. The van der Waals surface area contributed by atoms with Crippen LogP contribution in [0.2, 0.25) is 0 Å². The van der Waals surface area contributed by atoms with Crippen LogP contribution in [0.4, 0.5) is 5.69 Å². The van der Waals surface area contributed by atoms with Crippen molar-refractivity contribution >= 4 is 27.5 Å². The molecule has 0 bridgehead atoms. The highest BCUT2D eigenvalue weighted by Gasteiger charge is 2.34. The van der Waals surface area contributed by atoms with Crippen molar-refractivity contribution in [3.8, 4) is 11.5 Å². The Morgan fingerprint density at radius 3 is 2.19 bits per heavy atom. The molecule has 10 heteroatoms. The van der Waals surface area contributed by atoms with Crippen LogP contribution in [0, 0.1) is 0 Å². The van der Waals surface area contributed by atoms with E-state index in [2.05, 4.69) is 5.32 Å². The molecule has 0 aromatic heterocycles. The first-order valence-corrected chi connectivity index (χ1v) is 16.1. The molecular weight excluding hydrogens is 566 g/mol. The molecule has 2 amide bonds. The van der Waals surface area contributed by atoms with E-state index >= 15 is 0 Å². The Morgan fingerprint density at radius 1 is 0.907 bits per heavy atom. The highest BCUT2D eigenvalue weighted by Crippen LogP contribution is 2.36. The second-order valence-corrected chi connectivity index (χ2v) is 12.6. The summed E-state index contributed by atoms with van der Waals surface area (Å²) in [4.78, 5) is 29.1. The predicted molar refractivity (Wildman–Crippen MR) is 167 cm³/mol. The zero-order valence-electron chi connectivity index (χ0n) is 25.1. The van der Waals surface area contributed by atoms with E-state index in [1.807, 2.05) is 30.3 Å². The zero-order chi connectivity index (χ0) is 30.8. The van der Waals surface area contributed by atoms with Gasteiger partial charge in [0.25, 0.3) is 10.0 Å². The van der Waals surface area contributed by atoms with E-state index in [1.165, 1.54) is 37.3 Å². The summed E-state index contributed by atoms with van der Waals surface area (Å²) in [5, 5.41) is 3.13. The van der Waals surface area contributed by atoms with Crippen LogP contribution in [-0.2, 0) is 26.0 Å². The maximum absolute atomic E-state index is 14.2. The first-order chi connectivity index (χ1) is 20.7. The van der Waals surface area contributed by atoms with Gasteiger partial charge in [0.2, 0.25) is 11.8 Å². The normalized spacial score (nSPS) is 14.4. The van der Waals surface area contributed by atoms with E-state index in [9.17, 15) is 18.0 Å². The molecule has 1 N–H and O–H groups in total. The first kappa shape index (κ1) is 31.9. The van der Waals surface area contributed by atoms with Crippen molar-refractivity contribution in [2.75, 3.05) is 31.6 Å². The number of anilines is 1. The van der Waals surface area contributed by atoms with Crippen LogP contribution in [0.25, 0.3) is 0 Å². The lowest BCUT2D eigenvalue weighted by Gasteiger charge is -2.33. The predicted octanol–water partition coefficient (Wildman–Crippen LogP) is 4.81. The SMILES string of the molecule is COc1ccc(OC)c(N(CC(=O)N(CCc2ccccc2)C(C)C(=O)NC2CCCCC2)S(=O)(=O)c2ccccc2)c1. The molecule has 0 saturated heterocycles. The lowest BCUT2D eigenvalue weighted by atomic mass is 9.95. The third-order valence-corrected chi connectivity index (χ3v) is 9.64. The topological polar surface area (TPSA) is 105 Å². The Kier molecular flexibility index (Phi) is 11.1. The number of carbonyl (C=O) groups is 2. The summed E-state index contributed by atoms with van der Waals surface area (Å²) < 4.78 is 40.1. The minimum atomic E-state index is -4.23. The van der Waals surface area contributed by atoms with Crippen molar-refractivity contribution < 1.29 is 27.5 Å². The molecule has 3 aromatic rings. The number of hydrogen-bond acceptors (Lipinski definition) is 6. The molecule has 230 valence electrons. The maximum atomic E-state index is 14.2. The van der Waals surface area contributed by atoms with Gasteiger partial charge in [-0.2, -0.15) is 0 Å². The number of amides is 2. The molecule has 1 unspecified atom stereocenters. The van der Waals surface area contributed by atoms with Gasteiger partial charge in [-0.25, -0.2) is 8.42 Å². The molecular formula is C33H41N3O6S. The second-order valence-electron chi connectivity index (χ2n) is 10.7. The van der Waals surface area contributed by atoms with Gasteiger partial charge in [-0.15, -0.1) is 0 Å². The van der Waals surface area contributed by atoms with E-state index in [0.717, 1.165) is 42.0 Å². The van der Waals surface area contributed by atoms with Crippen LogP contribution in [0.3, 0.4) is 0 Å². The highest BCUT2D eigenvalue weighted by atomic mass is 32.2. The fourth-order valence-electron chi connectivity index (χ4n) is 5.36. The number of methoxy groups -OCH3 is 2. The summed E-state index contributed by atoms with van der Waals surface area (Å²) in [5.41, 5.74) is 1.16. The van der Waals surface area contributed by atoms with Crippen molar-refractivity contribution in [3.63, 3.8) is 0 Å². The largest absolute Gasteiger partial charge is 0.497 e. The molecule has 3 aromatic carbocycles. The molecule has 0 aliphatic heterocycles. The maximum Gasteiger partial charge on any atom is 0.264 e. The first-order valence-electron chi connectivity index (χ1n) is 14.7. The number of ether oxygens (including phenoxy) is 2. The number of carbonyl (C=O) groups excluding carboxylic acids is 2. The second kappa shape index (κ2) is 14.9. The summed E-state index contributed by atoms with van der Waals surface area (Å²) in [6, 6.07) is 21.6. The minimum Gasteiger partial charge on any atom is -0.497 e. The summed E-state index contributed by atoms with van der Waals surface area (Å²) in [6.07, 6.45) is 5.60. The molecule has 43 heavy (non-hydrogen) atoms. The van der Waals surface area contributed by atoms with Crippen LogP contribution in [0.1, 0.15) is 44.6 Å². The van der Waals surface area contributed by atoms with E-state index in [-0.39, 0.29) is 34.8 Å². The van der Waals surface area contributed by atoms with E-state index < -0.39 is 28.5 Å². The van der Waals surface area contributed by atoms with Crippen LogP contribution < -0.4 is 19.1 Å². The van der Waals surface area contributed by atoms with Gasteiger partial charge in [-0.1, -0.05) is 67.8 Å². The van der Waals surface area contributed by atoms with Gasteiger partial charge in [-0.3, -0.25) is 13.9 Å². The van der Waals surface area contributed by atoms with Crippen molar-refractivity contribution in [2.24, 2.45) is 0 Å². The van der Waals surface area contributed by atoms with Gasteiger partial charge in [0.15, 0.2) is 0 Å². The lowest BCUT2D eigenvalue weighted by Crippen LogP contribution is -2.53. The van der Waals surface area contributed by atoms with Gasteiger partial charge in [0.1, 0.15) is 24.1 Å². The molecule has 0 heterocycles. The quantitative estimate of drug-likeness (QED) is 0.299. The fourth-order valence-corrected chi connectivity index (χ4v) is 6.80. The standard InChI is InChI=1S/C33H41N3O6S/c1-25(33(38)34-27-15-9-5-10-16-27)35(22-21-26-13-7-4-8-14-26)32(37)24-36(43(39,40)29-17-11-6-12-18-29)30-23-28(41-2)19-20-31(30)42-3/h4,6-8,11-14,17-20,23,25,27H,5,9-10,15-16,21-22,24H2,1-3H3,(H,34,38). The van der Waals surface area contributed by atoms with E-state index in [4.69, 9.17) is 9.47 Å². The summed E-state index contributed by atoms with van der Waals surface area (Å²) >= 11 is 0. The molecule has 9 nitrogen and oxygen atoms in total. The number of nitrogens with one attached hydrogen (secondary N) is 1. The van der Waals surface area contributed by atoms with E-state index in [1.54, 1.807) is 37.3 Å². The van der Waals surface area contributed by atoms with Crippen LogP contribution in [-0.4, -0.2) is 64.5 Å². The number of rotatable bonds is 13. The van der Waals surface area contributed by atoms with Gasteiger partial charge in [-0.05, 0) is 56.0 Å². The number of nitrogens with zero attached hydrogens (tertiary/aromatic N) is 2. The Morgan fingerprint density at radius 2 is 1.56 bits per heavy atom. The van der Waals surface area contributed by atoms with Crippen LogP contribution in [0.15, 0.2) is 83.8 Å². The highest BCUT2D eigenvalue weighted by molar-refractivity contribution is 7.92. The third kappa shape index (κ3) is 8.07. The third-order valence-electron chi connectivity index (χ3n) is 7.87. The smallest absolute Gasteiger partial charge is 0.264 e. The molecule has 1 saturated carbocycles. The van der Waals surface area contributed by atoms with Gasteiger partial charge >= 0.3 is 0 Å². The average Bonchev–Trinajstić information content (AvgIpc) is 3.04. The molecule has 0 radical (unpaired) electrons. The monoisotopic (exact) mass is 607 g/mol. The van der Waals surface area contributed by atoms with Gasteiger partial charge < -0.3 is 19.7 Å². The van der Waals surface area contributed by atoms with Gasteiger partial charge in [0, 0.05) is 18.7 Å². The van der Waals surface area contributed by atoms with Crippen LogP contribution in [0.5, 0.6) is 11.5 Å². The van der Waals surface area contributed by atoms with E-state index in [0.29, 0.717) is 12.2 Å². The minimum absolute atomic E-state index is 0.0200. The Hall–Kier alpha value is -4.05. The van der Waals surface area contributed by atoms with Crippen molar-refractivity contribution in [1.82, 2.24) is 10.2 Å². The molecule has 1 aliphatic carbocycles. The molecule has 1 aliphatic rings. The molecule has 1 atom stereocenters. The Balaban J connectivity index is 1.69. The van der Waals surface area contributed by atoms with Gasteiger partial charge in [0.05, 0.1) is 24.8 Å². The lowest BCUT2D eigenvalue weighted by molar-refractivity contribution is -0.139. The Labute approximate surface area is 254 Å². The summed E-state index contributed by atoms with van der Waals surface area (Å²) in [7, 11) is -1.31. The summed E-state index contributed by atoms with van der Waals surface area (Å²) in [5.74, 6) is -0.0963. The molecule has 0 spiro atoms. The fraction of sp³-hybridized carbons (Fsp3) is 0.394. The van der Waals surface area contributed by atoms with Crippen molar-refractivity contribution in [1.29, 1.82) is 0 Å². The average molecular weight is 608 g/mol.